The molecule has 0 radical (unpaired) electrons. The van der Waals surface area contributed by atoms with Crippen LogP contribution < -0.4 is 0 Å². The van der Waals surface area contributed by atoms with E-state index >= 15 is 0 Å². The number of aromatic nitrogens is 2. The number of carbonyl (C=O) groups excluding carboxylic acids is 1. The van der Waals surface area contributed by atoms with E-state index in [0.717, 1.165) is 21.7 Å². The predicted molar refractivity (Wildman–Crippen MR) is 100 cm³/mol. The molecule has 0 saturated heterocycles. The van der Waals surface area contributed by atoms with Gasteiger partial charge in [-0.15, -0.1) is 0 Å². The lowest BCUT2D eigenvalue weighted by Gasteiger charge is -2.13. The van der Waals surface area contributed by atoms with Crippen LogP contribution >= 0.6 is 0 Å². The van der Waals surface area contributed by atoms with Gasteiger partial charge in [0.25, 0.3) is 0 Å². The summed E-state index contributed by atoms with van der Waals surface area (Å²) in [5.41, 5.74) is 2.00. The molecule has 0 fully saturated rings. The third-order valence-corrected chi connectivity index (χ3v) is 4.43. The van der Waals surface area contributed by atoms with Gasteiger partial charge in [-0.3, -0.25) is 4.98 Å². The van der Waals surface area contributed by atoms with Crippen molar-refractivity contribution < 1.29 is 14.6 Å². The summed E-state index contributed by atoms with van der Waals surface area (Å²) in [7, 11) is 0. The van der Waals surface area contributed by atoms with Crippen molar-refractivity contribution in [1.82, 2.24) is 9.97 Å². The molecule has 0 spiro atoms. The number of nitrogens with zero attached hydrogens (tertiary/aromatic N) is 1. The summed E-state index contributed by atoms with van der Waals surface area (Å²) in [6.45, 7) is 2.01. The first-order valence-corrected chi connectivity index (χ1v) is 8.49. The number of H-pyrrole nitrogens is 1. The SMILES string of the molecule is CCOC(=O)c1[nH]c2ccccc2c1[C@H](O)c1cc2ccccc2cn1. The van der Waals surface area contributed by atoms with E-state index in [4.69, 9.17) is 4.74 Å². The van der Waals surface area contributed by atoms with Gasteiger partial charge in [-0.05, 0) is 24.4 Å². The molecule has 0 saturated carbocycles. The topological polar surface area (TPSA) is 75.2 Å². The Balaban J connectivity index is 1.88. The molecule has 130 valence electrons. The lowest BCUT2D eigenvalue weighted by atomic mass is 10.0. The maximum Gasteiger partial charge on any atom is 0.355 e. The molecule has 2 N–H and O–H groups in total. The van der Waals surface area contributed by atoms with Gasteiger partial charge in [0.05, 0.1) is 12.3 Å². The first-order chi connectivity index (χ1) is 12.7. The highest BCUT2D eigenvalue weighted by Gasteiger charge is 2.26. The number of ether oxygens (including phenoxy) is 1. The maximum absolute atomic E-state index is 12.4. The fraction of sp³-hybridized carbons (Fsp3) is 0.143. The van der Waals surface area contributed by atoms with E-state index in [1.807, 2.05) is 54.6 Å². The highest BCUT2D eigenvalue weighted by molar-refractivity contribution is 5.99. The third kappa shape index (κ3) is 2.72. The molecule has 1 atom stereocenters. The van der Waals surface area contributed by atoms with Gasteiger partial charge in [-0.2, -0.15) is 0 Å². The fourth-order valence-electron chi connectivity index (χ4n) is 3.21. The van der Waals surface area contributed by atoms with E-state index in [-0.39, 0.29) is 12.3 Å². The van der Waals surface area contributed by atoms with Gasteiger partial charge in [-0.25, -0.2) is 4.79 Å². The molecule has 0 bridgehead atoms. The molecule has 5 heteroatoms. The van der Waals surface area contributed by atoms with Gasteiger partial charge in [0.1, 0.15) is 11.8 Å². The van der Waals surface area contributed by atoms with Crippen LogP contribution in [0.3, 0.4) is 0 Å². The van der Waals surface area contributed by atoms with Gasteiger partial charge in [-0.1, -0.05) is 42.5 Å². The fourth-order valence-corrected chi connectivity index (χ4v) is 3.21. The highest BCUT2D eigenvalue weighted by Crippen LogP contribution is 2.32. The number of carbonyl (C=O) groups is 1. The first-order valence-electron chi connectivity index (χ1n) is 8.49. The van der Waals surface area contributed by atoms with E-state index < -0.39 is 12.1 Å². The van der Waals surface area contributed by atoms with Crippen molar-refractivity contribution in [3.8, 4) is 0 Å². The van der Waals surface area contributed by atoms with Crippen molar-refractivity contribution >= 4 is 27.6 Å². The van der Waals surface area contributed by atoms with Crippen LogP contribution in [0.1, 0.15) is 34.8 Å². The number of aliphatic hydroxyl groups excluding tert-OH is 1. The Morgan fingerprint density at radius 1 is 1.15 bits per heavy atom. The number of nitrogens with one attached hydrogen (secondary N) is 1. The van der Waals surface area contributed by atoms with Gasteiger partial charge in [0, 0.05) is 28.0 Å². The summed E-state index contributed by atoms with van der Waals surface area (Å²) >= 11 is 0. The third-order valence-electron chi connectivity index (χ3n) is 4.43. The Kier molecular flexibility index (Phi) is 4.14. The molecule has 2 aromatic heterocycles. The number of benzene rings is 2. The molecule has 4 aromatic rings. The lowest BCUT2D eigenvalue weighted by molar-refractivity contribution is 0.0515. The molecular formula is C21H18N2O3. The molecule has 26 heavy (non-hydrogen) atoms. The number of hydrogen-bond acceptors (Lipinski definition) is 4. The Labute approximate surface area is 150 Å². The number of aromatic amines is 1. The quantitative estimate of drug-likeness (QED) is 0.548. The summed E-state index contributed by atoms with van der Waals surface area (Å²) < 4.78 is 5.15. The molecule has 2 heterocycles. The molecule has 0 amide bonds. The van der Waals surface area contributed by atoms with Gasteiger partial charge >= 0.3 is 5.97 Å². The van der Waals surface area contributed by atoms with Crippen molar-refractivity contribution in [2.75, 3.05) is 6.61 Å². The number of fused-ring (bicyclic) bond motifs is 2. The standard InChI is InChI=1S/C21H18N2O3/c1-2-26-21(25)19-18(15-9-5-6-10-16(15)23-19)20(24)17-11-13-7-3-4-8-14(13)12-22-17/h3-12,20,23-24H,2H2,1H3/t20-/m1/s1. The summed E-state index contributed by atoms with van der Waals surface area (Å²) in [6.07, 6.45) is 0.683. The van der Waals surface area contributed by atoms with Crippen LogP contribution in [0.5, 0.6) is 0 Å². The molecule has 0 aliphatic heterocycles. The van der Waals surface area contributed by atoms with Gasteiger partial charge in [0.2, 0.25) is 0 Å². The first kappa shape index (κ1) is 16.3. The zero-order valence-corrected chi connectivity index (χ0v) is 14.3. The zero-order chi connectivity index (χ0) is 18.1. The van der Waals surface area contributed by atoms with Crippen molar-refractivity contribution in [1.29, 1.82) is 0 Å². The number of aliphatic hydroxyl groups is 1. The summed E-state index contributed by atoms with van der Waals surface area (Å²) in [4.78, 5) is 19.9. The largest absolute Gasteiger partial charge is 0.461 e. The lowest BCUT2D eigenvalue weighted by Crippen LogP contribution is -2.11. The predicted octanol–water partition coefficient (Wildman–Crippen LogP) is 3.97. The van der Waals surface area contributed by atoms with Crippen LogP contribution in [0, 0.1) is 0 Å². The van der Waals surface area contributed by atoms with Crippen molar-refractivity contribution in [2.24, 2.45) is 0 Å². The zero-order valence-electron chi connectivity index (χ0n) is 14.3. The molecule has 0 aliphatic carbocycles. The Bertz CT molecular complexity index is 1100. The van der Waals surface area contributed by atoms with Crippen LogP contribution in [0.25, 0.3) is 21.7 Å². The monoisotopic (exact) mass is 346 g/mol. The maximum atomic E-state index is 12.4. The smallest absolute Gasteiger partial charge is 0.355 e. The Morgan fingerprint density at radius 3 is 2.69 bits per heavy atom. The second kappa shape index (κ2) is 6.61. The minimum absolute atomic E-state index is 0.260. The normalized spacial score (nSPS) is 12.4. The number of esters is 1. The van der Waals surface area contributed by atoms with Gasteiger partial charge < -0.3 is 14.8 Å². The second-order valence-corrected chi connectivity index (χ2v) is 6.04. The van der Waals surface area contributed by atoms with E-state index in [1.165, 1.54) is 0 Å². The second-order valence-electron chi connectivity index (χ2n) is 6.04. The van der Waals surface area contributed by atoms with Crippen LogP contribution in [0.4, 0.5) is 0 Å². The van der Waals surface area contributed by atoms with Gasteiger partial charge in [0.15, 0.2) is 0 Å². The van der Waals surface area contributed by atoms with Crippen LogP contribution in [0.15, 0.2) is 60.8 Å². The summed E-state index contributed by atoms with van der Waals surface area (Å²) in [5, 5.41) is 13.8. The summed E-state index contributed by atoms with van der Waals surface area (Å²) in [5.74, 6) is -0.487. The number of hydrogen-bond donors (Lipinski definition) is 2. The number of pyridine rings is 1. The van der Waals surface area contributed by atoms with Crippen LogP contribution in [0.2, 0.25) is 0 Å². The minimum atomic E-state index is -1.05. The molecular weight excluding hydrogens is 328 g/mol. The highest BCUT2D eigenvalue weighted by atomic mass is 16.5. The molecule has 4 rings (SSSR count). The average Bonchev–Trinajstić information content (AvgIpc) is 3.07. The minimum Gasteiger partial charge on any atom is -0.461 e. The Morgan fingerprint density at radius 2 is 1.88 bits per heavy atom. The van der Waals surface area contributed by atoms with Crippen LogP contribution in [-0.2, 0) is 4.74 Å². The molecule has 0 unspecified atom stereocenters. The van der Waals surface area contributed by atoms with E-state index in [1.54, 1.807) is 13.1 Å². The number of para-hydroxylation sites is 1. The van der Waals surface area contributed by atoms with E-state index in [9.17, 15) is 9.90 Å². The Hall–Kier alpha value is -3.18. The van der Waals surface area contributed by atoms with Crippen LogP contribution in [-0.4, -0.2) is 27.7 Å². The van der Waals surface area contributed by atoms with Crippen molar-refractivity contribution in [3.05, 3.63) is 77.7 Å². The molecule has 5 nitrogen and oxygen atoms in total. The van der Waals surface area contributed by atoms with Crippen molar-refractivity contribution in [3.63, 3.8) is 0 Å². The van der Waals surface area contributed by atoms with Crippen molar-refractivity contribution in [2.45, 2.75) is 13.0 Å². The summed E-state index contributed by atoms with van der Waals surface area (Å²) in [6, 6.07) is 17.1. The average molecular weight is 346 g/mol. The van der Waals surface area contributed by atoms with E-state index in [2.05, 4.69) is 9.97 Å². The molecule has 0 aliphatic rings. The number of rotatable bonds is 4. The molecule has 2 aromatic carbocycles. The van der Waals surface area contributed by atoms with E-state index in [0.29, 0.717) is 11.3 Å².